The van der Waals surface area contributed by atoms with Crippen LogP contribution in [-0.4, -0.2) is 17.3 Å². The highest BCUT2D eigenvalue weighted by Crippen LogP contribution is 2.35. The molecule has 0 bridgehead atoms. The van der Waals surface area contributed by atoms with Crippen LogP contribution in [0.15, 0.2) is 48.3 Å². The summed E-state index contributed by atoms with van der Waals surface area (Å²) in [6.45, 7) is 0. The molecule has 1 unspecified atom stereocenters. The summed E-state index contributed by atoms with van der Waals surface area (Å²) in [5.74, 6) is 0.622. The lowest BCUT2D eigenvalue weighted by atomic mass is 9.88. The summed E-state index contributed by atoms with van der Waals surface area (Å²) >= 11 is 0. The van der Waals surface area contributed by atoms with Crippen LogP contribution in [0.1, 0.15) is 5.56 Å². The Morgan fingerprint density at radius 2 is 2.00 bits per heavy atom. The Balaban J connectivity index is 2.50. The van der Waals surface area contributed by atoms with Gasteiger partial charge in [-0.1, -0.05) is 24.3 Å². The molecule has 0 aromatic heterocycles. The van der Waals surface area contributed by atoms with Crippen LogP contribution in [0.4, 0.5) is 0 Å². The quantitative estimate of drug-likeness (QED) is 0.797. The molecule has 83 valence electrons. The summed E-state index contributed by atoms with van der Waals surface area (Å²) in [5, 5.41) is 19.8. The molecular weight excluding hydrogens is 204 g/mol. The number of hydrogen-bond acceptors (Lipinski definition) is 3. The van der Waals surface area contributed by atoms with Gasteiger partial charge in [0.15, 0.2) is 0 Å². The third-order valence-electron chi connectivity index (χ3n) is 2.52. The lowest BCUT2D eigenvalue weighted by Gasteiger charge is -2.25. The zero-order valence-electron chi connectivity index (χ0n) is 8.92. The van der Waals surface area contributed by atoms with Crippen molar-refractivity contribution in [1.82, 2.24) is 0 Å². The average molecular weight is 217 g/mol. The van der Waals surface area contributed by atoms with Crippen molar-refractivity contribution in [2.45, 2.75) is 5.60 Å². The van der Waals surface area contributed by atoms with Crippen molar-refractivity contribution in [3.05, 3.63) is 60.2 Å². The smallest absolute Gasteiger partial charge is 0.133 e. The molecule has 16 heavy (non-hydrogen) atoms. The normalized spacial score (nSPS) is 24.0. The van der Waals surface area contributed by atoms with Gasteiger partial charge in [-0.15, -0.1) is 0 Å². The minimum absolute atomic E-state index is 0.0379. The first-order valence-corrected chi connectivity index (χ1v) is 4.96. The first kappa shape index (κ1) is 10.8. The third-order valence-corrected chi connectivity index (χ3v) is 2.52. The van der Waals surface area contributed by atoms with Crippen LogP contribution in [-0.2, 0) is 5.60 Å². The van der Waals surface area contributed by atoms with Crippen molar-refractivity contribution in [1.29, 1.82) is 0 Å². The van der Waals surface area contributed by atoms with Crippen LogP contribution >= 0.6 is 0 Å². The van der Waals surface area contributed by atoms with E-state index < -0.39 is 5.60 Å². The molecule has 1 aromatic carbocycles. The zero-order chi connectivity index (χ0) is 11.6. The van der Waals surface area contributed by atoms with Gasteiger partial charge in [0.2, 0.25) is 0 Å². The predicted octanol–water partition coefficient (Wildman–Crippen LogP) is 2.10. The van der Waals surface area contributed by atoms with Crippen LogP contribution in [0.5, 0.6) is 5.75 Å². The fourth-order valence-corrected chi connectivity index (χ4v) is 1.76. The Bertz CT molecular complexity index is 448. The van der Waals surface area contributed by atoms with E-state index >= 15 is 0 Å². The summed E-state index contributed by atoms with van der Waals surface area (Å²) in [6, 6.07) is 7.17. The highest BCUT2D eigenvalue weighted by Gasteiger charge is 2.29. The van der Waals surface area contributed by atoms with E-state index in [-0.39, 0.29) is 5.76 Å². The monoisotopic (exact) mass is 217 g/mol. The number of ether oxygens (including phenoxy) is 1. The SMILES string of the molecule is COc1ccccc1C1(O)C=C[CH]C(O)=C1. The summed E-state index contributed by atoms with van der Waals surface area (Å²) in [6.07, 6.45) is 6.11. The number of aliphatic hydroxyl groups is 2. The highest BCUT2D eigenvalue weighted by atomic mass is 16.5. The zero-order valence-corrected chi connectivity index (χ0v) is 8.92. The van der Waals surface area contributed by atoms with E-state index in [2.05, 4.69) is 0 Å². The lowest BCUT2D eigenvalue weighted by Crippen LogP contribution is -2.23. The molecule has 3 heteroatoms. The predicted molar refractivity (Wildman–Crippen MR) is 61.0 cm³/mol. The molecule has 1 aliphatic rings. The summed E-state index contributed by atoms with van der Waals surface area (Å²) < 4.78 is 5.18. The molecule has 3 nitrogen and oxygen atoms in total. The summed E-state index contributed by atoms with van der Waals surface area (Å²) in [5.41, 5.74) is -0.709. The first-order chi connectivity index (χ1) is 7.65. The Morgan fingerprint density at radius 1 is 1.25 bits per heavy atom. The minimum atomic E-state index is -1.31. The number of aliphatic hydroxyl groups excluding tert-OH is 1. The van der Waals surface area contributed by atoms with Gasteiger partial charge in [0.1, 0.15) is 11.4 Å². The molecule has 0 spiro atoms. The molecule has 2 N–H and O–H groups in total. The maximum atomic E-state index is 10.4. The second-order valence-electron chi connectivity index (χ2n) is 3.62. The number of allylic oxidation sites excluding steroid dienone is 1. The van der Waals surface area contributed by atoms with Gasteiger partial charge in [-0.3, -0.25) is 0 Å². The van der Waals surface area contributed by atoms with Crippen LogP contribution in [0.3, 0.4) is 0 Å². The molecule has 1 aromatic rings. The number of benzene rings is 1. The van der Waals surface area contributed by atoms with E-state index in [4.69, 9.17) is 4.74 Å². The number of hydrogen-bond donors (Lipinski definition) is 2. The van der Waals surface area contributed by atoms with Crippen LogP contribution < -0.4 is 4.74 Å². The highest BCUT2D eigenvalue weighted by molar-refractivity contribution is 5.46. The van der Waals surface area contributed by atoms with Gasteiger partial charge in [-0.25, -0.2) is 0 Å². The van der Waals surface area contributed by atoms with Gasteiger partial charge in [0.25, 0.3) is 0 Å². The second kappa shape index (κ2) is 4.02. The Hall–Kier alpha value is -1.74. The van der Waals surface area contributed by atoms with E-state index in [1.54, 1.807) is 31.4 Å². The molecule has 1 radical (unpaired) electrons. The van der Waals surface area contributed by atoms with Crippen LogP contribution in [0, 0.1) is 6.42 Å². The van der Waals surface area contributed by atoms with Gasteiger partial charge < -0.3 is 14.9 Å². The maximum Gasteiger partial charge on any atom is 0.133 e. The summed E-state index contributed by atoms with van der Waals surface area (Å²) in [4.78, 5) is 0. The third kappa shape index (κ3) is 1.82. The molecule has 1 aliphatic carbocycles. The van der Waals surface area contributed by atoms with Gasteiger partial charge >= 0.3 is 0 Å². The van der Waals surface area contributed by atoms with Crippen LogP contribution in [0.2, 0.25) is 0 Å². The number of para-hydroxylation sites is 1. The van der Waals surface area contributed by atoms with Crippen molar-refractivity contribution >= 4 is 0 Å². The topological polar surface area (TPSA) is 49.7 Å². The second-order valence-corrected chi connectivity index (χ2v) is 3.62. The van der Waals surface area contributed by atoms with E-state index in [0.717, 1.165) is 0 Å². The molecule has 0 saturated heterocycles. The van der Waals surface area contributed by atoms with Gasteiger partial charge in [-0.2, -0.15) is 0 Å². The van der Waals surface area contributed by atoms with Crippen molar-refractivity contribution in [3.8, 4) is 5.75 Å². The molecule has 0 aliphatic heterocycles. The molecular formula is C13H13O3. The van der Waals surface area contributed by atoms with Crippen molar-refractivity contribution < 1.29 is 14.9 Å². The van der Waals surface area contributed by atoms with Gasteiger partial charge in [0, 0.05) is 12.0 Å². The Labute approximate surface area is 94.3 Å². The lowest BCUT2D eigenvalue weighted by molar-refractivity contribution is 0.133. The fraction of sp³-hybridized carbons (Fsp3) is 0.154. The number of methoxy groups -OCH3 is 1. The van der Waals surface area contributed by atoms with Gasteiger partial charge in [0.05, 0.1) is 12.9 Å². The average Bonchev–Trinajstić information content (AvgIpc) is 2.29. The molecule has 1 atom stereocenters. The van der Waals surface area contributed by atoms with E-state index in [1.807, 2.05) is 12.1 Å². The first-order valence-electron chi connectivity index (χ1n) is 4.96. The van der Waals surface area contributed by atoms with Gasteiger partial charge in [-0.05, 0) is 18.2 Å². The molecule has 0 fully saturated rings. The Kier molecular flexibility index (Phi) is 2.71. The molecule has 0 amide bonds. The summed E-state index contributed by atoms with van der Waals surface area (Å²) in [7, 11) is 1.55. The minimum Gasteiger partial charge on any atom is -0.512 e. The molecule has 0 heterocycles. The number of rotatable bonds is 2. The van der Waals surface area contributed by atoms with Crippen molar-refractivity contribution in [2.75, 3.05) is 7.11 Å². The van der Waals surface area contributed by atoms with E-state index in [0.29, 0.717) is 11.3 Å². The van der Waals surface area contributed by atoms with Crippen molar-refractivity contribution in [3.63, 3.8) is 0 Å². The molecule has 2 rings (SSSR count). The maximum absolute atomic E-state index is 10.4. The van der Waals surface area contributed by atoms with Crippen LogP contribution in [0.25, 0.3) is 0 Å². The molecule has 0 saturated carbocycles. The van der Waals surface area contributed by atoms with E-state index in [9.17, 15) is 10.2 Å². The Morgan fingerprint density at radius 3 is 2.69 bits per heavy atom. The standard InChI is InChI=1S/C13H13O3/c1-16-12-7-3-2-6-11(12)13(15)8-4-5-10(14)9-13/h2-9,14-15H,1H3. The van der Waals surface area contributed by atoms with E-state index in [1.165, 1.54) is 12.5 Å². The fourth-order valence-electron chi connectivity index (χ4n) is 1.76. The largest absolute Gasteiger partial charge is 0.512 e. The van der Waals surface area contributed by atoms with Crippen molar-refractivity contribution in [2.24, 2.45) is 0 Å².